The molecular weight excluding hydrogens is 460 g/mol. The number of likely N-dealkylation sites (N-methyl/N-ethyl adjacent to an activating group) is 1. The zero-order chi connectivity index (χ0) is 19.1. The summed E-state index contributed by atoms with van der Waals surface area (Å²) in [5, 5.41) is 6.53. The topological polar surface area (TPSA) is 65.7 Å². The number of halogens is 2. The highest BCUT2D eigenvalue weighted by Crippen LogP contribution is 2.18. The van der Waals surface area contributed by atoms with Crippen molar-refractivity contribution in [2.24, 2.45) is 4.99 Å². The maximum atomic E-state index is 13.6. The molecule has 0 radical (unpaired) electrons. The lowest BCUT2D eigenvalue weighted by Gasteiger charge is -2.26. The van der Waals surface area contributed by atoms with Crippen LogP contribution in [0, 0.1) is 19.7 Å². The van der Waals surface area contributed by atoms with Gasteiger partial charge in [-0.05, 0) is 52.6 Å². The molecular formula is C19H29FIN5O. The summed E-state index contributed by atoms with van der Waals surface area (Å²) < 4.78 is 19.1. The largest absolute Gasteiger partial charge is 0.444 e. The normalized spacial score (nSPS) is 12.6. The van der Waals surface area contributed by atoms with E-state index < -0.39 is 0 Å². The third kappa shape index (κ3) is 7.10. The molecule has 2 N–H and O–H groups in total. The van der Waals surface area contributed by atoms with Crippen LogP contribution in [-0.2, 0) is 6.54 Å². The second kappa shape index (κ2) is 11.2. The van der Waals surface area contributed by atoms with Crippen molar-refractivity contribution in [3.05, 3.63) is 53.0 Å². The summed E-state index contributed by atoms with van der Waals surface area (Å²) in [4.78, 5) is 10.9. The lowest BCUT2D eigenvalue weighted by atomic mass is 10.1. The van der Waals surface area contributed by atoms with Crippen molar-refractivity contribution in [3.8, 4) is 0 Å². The molecule has 0 fully saturated rings. The Hall–Kier alpha value is -1.68. The zero-order valence-corrected chi connectivity index (χ0v) is 18.9. The van der Waals surface area contributed by atoms with Crippen LogP contribution >= 0.6 is 24.0 Å². The molecule has 0 bridgehead atoms. The third-order valence-electron chi connectivity index (χ3n) is 4.11. The van der Waals surface area contributed by atoms with Crippen LogP contribution in [0.5, 0.6) is 0 Å². The Morgan fingerprint density at radius 3 is 2.59 bits per heavy atom. The molecule has 1 heterocycles. The fourth-order valence-electron chi connectivity index (χ4n) is 2.60. The van der Waals surface area contributed by atoms with Crippen molar-refractivity contribution in [1.82, 2.24) is 20.5 Å². The summed E-state index contributed by atoms with van der Waals surface area (Å²) in [6, 6.07) is 6.69. The van der Waals surface area contributed by atoms with E-state index >= 15 is 0 Å². The number of nitrogens with one attached hydrogen (secondary N) is 2. The number of aliphatic imine (C=N–C) groups is 1. The van der Waals surface area contributed by atoms with Crippen molar-refractivity contribution < 1.29 is 8.81 Å². The minimum atomic E-state index is -0.232. The van der Waals surface area contributed by atoms with Crippen molar-refractivity contribution in [1.29, 1.82) is 0 Å². The van der Waals surface area contributed by atoms with E-state index in [0.29, 0.717) is 24.9 Å². The molecule has 27 heavy (non-hydrogen) atoms. The predicted molar refractivity (Wildman–Crippen MR) is 117 cm³/mol. The summed E-state index contributed by atoms with van der Waals surface area (Å²) in [6.07, 6.45) is 0. The average Bonchev–Trinajstić information content (AvgIpc) is 2.90. The molecule has 1 aromatic carbocycles. The van der Waals surface area contributed by atoms with Crippen molar-refractivity contribution >= 4 is 29.9 Å². The number of aryl methyl sites for hydroxylation is 2. The van der Waals surface area contributed by atoms with Crippen molar-refractivity contribution in [2.45, 2.75) is 33.4 Å². The molecule has 6 nitrogen and oxygen atoms in total. The number of rotatable bonds is 7. The molecule has 0 aliphatic rings. The fraction of sp³-hybridized carbons (Fsp3) is 0.474. The number of aromatic nitrogens is 1. The van der Waals surface area contributed by atoms with Gasteiger partial charge in [0.15, 0.2) is 5.96 Å². The number of hydrogen-bond donors (Lipinski definition) is 2. The number of guanidine groups is 1. The second-order valence-corrected chi connectivity index (χ2v) is 6.36. The summed E-state index contributed by atoms with van der Waals surface area (Å²) in [5.41, 5.74) is 1.80. The third-order valence-corrected chi connectivity index (χ3v) is 4.11. The Balaban J connectivity index is 0.00000364. The number of oxazole rings is 1. The lowest BCUT2D eigenvalue weighted by molar-refractivity contribution is 0.297. The molecule has 0 saturated carbocycles. The highest BCUT2D eigenvalue weighted by atomic mass is 127. The van der Waals surface area contributed by atoms with Crippen LogP contribution in [0.2, 0.25) is 0 Å². The summed E-state index contributed by atoms with van der Waals surface area (Å²) in [5.74, 6) is 1.84. The van der Waals surface area contributed by atoms with Gasteiger partial charge in [0.1, 0.15) is 18.1 Å². The van der Waals surface area contributed by atoms with Gasteiger partial charge in [0, 0.05) is 13.1 Å². The van der Waals surface area contributed by atoms with E-state index in [0.717, 1.165) is 23.6 Å². The van der Waals surface area contributed by atoms with Crippen LogP contribution in [0.1, 0.15) is 35.9 Å². The molecule has 2 rings (SSSR count). The monoisotopic (exact) mass is 489 g/mol. The SMILES string of the molecule is CCNC(=NCc1nc(C)c(C)o1)NCC(c1cccc(F)c1)N(C)C.I. The Morgan fingerprint density at radius 2 is 2.04 bits per heavy atom. The van der Waals surface area contributed by atoms with Gasteiger partial charge in [-0.15, -0.1) is 24.0 Å². The average molecular weight is 489 g/mol. The van der Waals surface area contributed by atoms with Crippen LogP contribution in [0.15, 0.2) is 33.7 Å². The van der Waals surface area contributed by atoms with Gasteiger partial charge in [-0.2, -0.15) is 0 Å². The minimum Gasteiger partial charge on any atom is -0.444 e. The molecule has 0 aliphatic carbocycles. The standard InChI is InChI=1S/C19H28FN5O.HI/c1-6-21-19(23-12-18-24-13(2)14(3)26-18)22-11-17(25(4)5)15-8-7-9-16(20)10-15;/h7-10,17H,6,11-12H2,1-5H3,(H2,21,22,23);1H. The van der Waals surface area contributed by atoms with E-state index in [9.17, 15) is 4.39 Å². The molecule has 8 heteroatoms. The second-order valence-electron chi connectivity index (χ2n) is 6.36. The van der Waals surface area contributed by atoms with Crippen molar-refractivity contribution in [3.63, 3.8) is 0 Å². The molecule has 1 atom stereocenters. The van der Waals surface area contributed by atoms with Crippen LogP contribution in [0.4, 0.5) is 4.39 Å². The van der Waals surface area contributed by atoms with E-state index in [1.807, 2.05) is 45.8 Å². The molecule has 2 aromatic rings. The van der Waals surface area contributed by atoms with Gasteiger partial charge in [0.05, 0.1) is 11.7 Å². The summed E-state index contributed by atoms with van der Waals surface area (Å²) in [7, 11) is 3.94. The van der Waals surface area contributed by atoms with Gasteiger partial charge in [-0.3, -0.25) is 0 Å². The van der Waals surface area contributed by atoms with E-state index in [1.54, 1.807) is 12.1 Å². The van der Waals surface area contributed by atoms with Gasteiger partial charge in [0.2, 0.25) is 5.89 Å². The first-order valence-electron chi connectivity index (χ1n) is 8.77. The van der Waals surface area contributed by atoms with Gasteiger partial charge in [-0.1, -0.05) is 12.1 Å². The first-order chi connectivity index (χ1) is 12.4. The van der Waals surface area contributed by atoms with Crippen molar-refractivity contribution in [2.75, 3.05) is 27.2 Å². The van der Waals surface area contributed by atoms with Crippen LogP contribution in [-0.4, -0.2) is 43.0 Å². The quantitative estimate of drug-likeness (QED) is 0.355. The first-order valence-corrected chi connectivity index (χ1v) is 8.77. The Morgan fingerprint density at radius 1 is 1.30 bits per heavy atom. The molecule has 0 spiro atoms. The maximum Gasteiger partial charge on any atom is 0.216 e. The predicted octanol–water partition coefficient (Wildman–Crippen LogP) is 3.41. The summed E-state index contributed by atoms with van der Waals surface area (Å²) in [6.45, 7) is 7.49. The fourth-order valence-corrected chi connectivity index (χ4v) is 2.60. The molecule has 0 amide bonds. The van der Waals surface area contributed by atoms with Gasteiger partial charge >= 0.3 is 0 Å². The lowest BCUT2D eigenvalue weighted by Crippen LogP contribution is -2.41. The van der Waals surface area contributed by atoms with Gasteiger partial charge < -0.3 is 20.0 Å². The van der Waals surface area contributed by atoms with E-state index in [1.165, 1.54) is 6.07 Å². The number of hydrogen-bond acceptors (Lipinski definition) is 4. The highest BCUT2D eigenvalue weighted by Gasteiger charge is 2.15. The molecule has 1 unspecified atom stereocenters. The van der Waals surface area contributed by atoms with Gasteiger partial charge in [0.25, 0.3) is 0 Å². The van der Waals surface area contributed by atoms with E-state index in [2.05, 4.69) is 20.6 Å². The summed E-state index contributed by atoms with van der Waals surface area (Å²) >= 11 is 0. The Kier molecular flexibility index (Phi) is 9.71. The van der Waals surface area contributed by atoms with E-state index in [-0.39, 0.29) is 35.8 Å². The smallest absolute Gasteiger partial charge is 0.216 e. The molecule has 1 aromatic heterocycles. The van der Waals surface area contributed by atoms with E-state index in [4.69, 9.17) is 4.42 Å². The zero-order valence-electron chi connectivity index (χ0n) is 16.5. The van der Waals surface area contributed by atoms with Crippen LogP contribution in [0.25, 0.3) is 0 Å². The molecule has 0 aliphatic heterocycles. The van der Waals surface area contributed by atoms with Crippen LogP contribution in [0.3, 0.4) is 0 Å². The number of benzene rings is 1. The highest BCUT2D eigenvalue weighted by molar-refractivity contribution is 14.0. The minimum absolute atomic E-state index is 0. The molecule has 150 valence electrons. The van der Waals surface area contributed by atoms with Gasteiger partial charge in [-0.25, -0.2) is 14.4 Å². The maximum absolute atomic E-state index is 13.6. The number of nitrogens with zero attached hydrogens (tertiary/aromatic N) is 3. The first kappa shape index (κ1) is 23.4. The Bertz CT molecular complexity index is 728. The Labute approximate surface area is 177 Å². The van der Waals surface area contributed by atoms with Crippen LogP contribution < -0.4 is 10.6 Å². The molecule has 0 saturated heterocycles.